The van der Waals surface area contributed by atoms with Crippen molar-refractivity contribution in [3.63, 3.8) is 0 Å². The Kier molecular flexibility index (Phi) is 5.58. The van der Waals surface area contributed by atoms with E-state index in [9.17, 15) is 4.79 Å². The van der Waals surface area contributed by atoms with Gasteiger partial charge in [-0.25, -0.2) is 0 Å². The summed E-state index contributed by atoms with van der Waals surface area (Å²) in [6, 6.07) is 18.2. The Hall–Kier alpha value is -3.31. The number of ether oxygens (including phenoxy) is 2. The molecule has 2 N–H and O–H groups in total. The van der Waals surface area contributed by atoms with E-state index in [1.165, 1.54) is 5.39 Å². The summed E-state index contributed by atoms with van der Waals surface area (Å²) < 4.78 is 11.5. The van der Waals surface area contributed by atoms with Gasteiger partial charge < -0.3 is 19.9 Å². The molecule has 5 rings (SSSR count). The van der Waals surface area contributed by atoms with Gasteiger partial charge in [-0.05, 0) is 48.4 Å². The molecule has 0 unspecified atom stereocenters. The lowest BCUT2D eigenvalue weighted by Gasteiger charge is -2.35. The smallest absolute Gasteiger partial charge is 0.161 e. The van der Waals surface area contributed by atoms with Crippen molar-refractivity contribution in [3.8, 4) is 11.5 Å². The van der Waals surface area contributed by atoms with Gasteiger partial charge >= 0.3 is 0 Å². The molecule has 0 fully saturated rings. The second kappa shape index (κ2) is 8.67. The van der Waals surface area contributed by atoms with Crippen molar-refractivity contribution in [3.05, 3.63) is 71.3 Å². The zero-order valence-electron chi connectivity index (χ0n) is 18.2. The molecule has 1 atom stereocenters. The number of hydrogen-bond acceptors (Lipinski definition) is 5. The first kappa shape index (κ1) is 20.6. The molecule has 32 heavy (non-hydrogen) atoms. The second-order valence-electron chi connectivity index (χ2n) is 8.17. The fraction of sp³-hybridized carbons (Fsp3) is 0.296. The number of aliphatic hydroxyl groups excluding tert-OH is 1. The third-order valence-corrected chi connectivity index (χ3v) is 6.24. The van der Waals surface area contributed by atoms with Gasteiger partial charge in [0.25, 0.3) is 0 Å². The van der Waals surface area contributed by atoms with Gasteiger partial charge in [0.1, 0.15) is 6.61 Å². The van der Waals surface area contributed by atoms with Crippen molar-refractivity contribution in [2.24, 2.45) is 0 Å². The Morgan fingerprint density at radius 1 is 1.03 bits per heavy atom. The van der Waals surface area contributed by atoms with Gasteiger partial charge in [0.2, 0.25) is 0 Å². The van der Waals surface area contributed by atoms with E-state index in [1.54, 1.807) is 0 Å². The lowest BCUT2D eigenvalue weighted by atomic mass is 9.77. The summed E-state index contributed by atoms with van der Waals surface area (Å²) >= 11 is 0. The van der Waals surface area contributed by atoms with E-state index in [-0.39, 0.29) is 25.0 Å². The number of ketones is 1. The van der Waals surface area contributed by atoms with E-state index in [0.29, 0.717) is 24.5 Å². The molecule has 0 aromatic heterocycles. The zero-order valence-corrected chi connectivity index (χ0v) is 18.2. The molecule has 0 amide bonds. The van der Waals surface area contributed by atoms with Crippen LogP contribution in [0, 0.1) is 0 Å². The summed E-state index contributed by atoms with van der Waals surface area (Å²) in [6.07, 6.45) is 2.37. The minimum Gasteiger partial charge on any atom is -0.490 e. The molecule has 3 aromatic carbocycles. The Morgan fingerprint density at radius 3 is 2.75 bits per heavy atom. The highest BCUT2D eigenvalue weighted by molar-refractivity contribution is 6.11. The summed E-state index contributed by atoms with van der Waals surface area (Å²) in [5, 5.41) is 15.2. The first-order valence-corrected chi connectivity index (χ1v) is 11.3. The summed E-state index contributed by atoms with van der Waals surface area (Å²) in [6.45, 7) is 2.56. The minimum absolute atomic E-state index is 0.0634. The molecule has 0 spiro atoms. The third kappa shape index (κ3) is 3.53. The quantitative estimate of drug-likeness (QED) is 0.558. The Balaban J connectivity index is 1.66. The van der Waals surface area contributed by atoms with E-state index in [1.807, 2.05) is 31.2 Å². The number of Topliss-reactive ketones (excluding diaryl/α,β-unsaturated/α-hetero) is 1. The molecule has 164 valence electrons. The molecule has 3 aromatic rings. The van der Waals surface area contributed by atoms with Crippen LogP contribution >= 0.6 is 0 Å². The Labute approximate surface area is 187 Å². The molecule has 1 heterocycles. The molecule has 5 heteroatoms. The van der Waals surface area contributed by atoms with E-state index < -0.39 is 0 Å². The minimum atomic E-state index is -0.248. The maximum Gasteiger partial charge on any atom is 0.161 e. The van der Waals surface area contributed by atoms with Crippen LogP contribution in [-0.2, 0) is 4.79 Å². The summed E-state index contributed by atoms with van der Waals surface area (Å²) in [4.78, 5) is 13.1. The van der Waals surface area contributed by atoms with Crippen LogP contribution in [0.4, 0.5) is 5.69 Å². The van der Waals surface area contributed by atoms with E-state index >= 15 is 0 Å². The SMILES string of the molecule is CCOc1cc([C@@H]2Nc3c(ccc4ccccc34)C3=C2C(=O)CCC3)ccc1OCCO. The monoisotopic (exact) mass is 429 g/mol. The molecule has 0 radical (unpaired) electrons. The van der Waals surface area contributed by atoms with Crippen LogP contribution in [0.2, 0.25) is 0 Å². The maximum absolute atomic E-state index is 13.1. The highest BCUT2D eigenvalue weighted by Gasteiger charge is 2.35. The number of fused-ring (bicyclic) bond motifs is 4. The number of hydrogen-bond donors (Lipinski definition) is 2. The number of nitrogens with one attached hydrogen (secondary N) is 1. The molecule has 1 aliphatic carbocycles. The van der Waals surface area contributed by atoms with Gasteiger partial charge in [-0.2, -0.15) is 0 Å². The van der Waals surface area contributed by atoms with E-state index in [4.69, 9.17) is 14.6 Å². The Bertz CT molecular complexity index is 1210. The predicted molar refractivity (Wildman–Crippen MR) is 126 cm³/mol. The van der Waals surface area contributed by atoms with Crippen LogP contribution in [0.3, 0.4) is 0 Å². The molecular weight excluding hydrogens is 402 g/mol. The largest absolute Gasteiger partial charge is 0.490 e. The average molecular weight is 430 g/mol. The fourth-order valence-electron chi connectivity index (χ4n) is 4.87. The average Bonchev–Trinajstić information content (AvgIpc) is 2.83. The topological polar surface area (TPSA) is 67.8 Å². The van der Waals surface area contributed by atoms with Crippen LogP contribution < -0.4 is 14.8 Å². The molecule has 0 saturated heterocycles. The van der Waals surface area contributed by atoms with Gasteiger partial charge in [0.05, 0.1) is 24.9 Å². The van der Waals surface area contributed by atoms with E-state index in [2.05, 4.69) is 35.6 Å². The zero-order chi connectivity index (χ0) is 22.1. The standard InChI is InChI=1S/C27H27NO4/c1-2-31-24-16-18(11-13-23(24)32-15-14-29)26-25-20(8-5-9-22(25)30)21-12-10-17-6-3-4-7-19(17)27(21)28-26/h3-4,6-7,10-13,16,26,28-29H,2,5,8-9,14-15H2,1H3/t26-/m0/s1. The van der Waals surface area contributed by atoms with E-state index in [0.717, 1.165) is 46.2 Å². The number of aliphatic hydroxyl groups is 1. The molecule has 5 nitrogen and oxygen atoms in total. The van der Waals surface area contributed by atoms with Crippen molar-refractivity contribution >= 4 is 27.8 Å². The van der Waals surface area contributed by atoms with Gasteiger partial charge in [-0.1, -0.05) is 42.5 Å². The summed E-state index contributed by atoms with van der Waals surface area (Å²) in [5.74, 6) is 1.42. The van der Waals surface area contributed by atoms with Gasteiger partial charge in [0.15, 0.2) is 17.3 Å². The number of carbonyl (C=O) groups is 1. The molecule has 0 bridgehead atoms. The van der Waals surface area contributed by atoms with Crippen LogP contribution in [0.25, 0.3) is 16.3 Å². The number of benzene rings is 3. The molecule has 2 aliphatic rings. The molecule has 0 saturated carbocycles. The number of allylic oxidation sites excluding steroid dienone is 1. The number of anilines is 1. The molecule has 1 aliphatic heterocycles. The predicted octanol–water partition coefficient (Wildman–Crippen LogP) is 5.28. The van der Waals surface area contributed by atoms with Crippen LogP contribution in [-0.4, -0.2) is 30.7 Å². The highest BCUT2D eigenvalue weighted by atomic mass is 16.5. The highest BCUT2D eigenvalue weighted by Crippen LogP contribution is 2.48. The fourth-order valence-corrected chi connectivity index (χ4v) is 4.87. The first-order chi connectivity index (χ1) is 15.7. The maximum atomic E-state index is 13.1. The van der Waals surface area contributed by atoms with Crippen LogP contribution in [0.15, 0.2) is 60.2 Å². The van der Waals surface area contributed by atoms with Crippen molar-refractivity contribution < 1.29 is 19.4 Å². The van der Waals surface area contributed by atoms with Crippen molar-refractivity contribution in [1.82, 2.24) is 0 Å². The number of carbonyl (C=O) groups excluding carboxylic acids is 1. The van der Waals surface area contributed by atoms with Crippen LogP contribution in [0.5, 0.6) is 11.5 Å². The first-order valence-electron chi connectivity index (χ1n) is 11.3. The second-order valence-corrected chi connectivity index (χ2v) is 8.17. The van der Waals surface area contributed by atoms with Gasteiger partial charge in [-0.15, -0.1) is 0 Å². The van der Waals surface area contributed by atoms with Gasteiger partial charge in [-0.3, -0.25) is 4.79 Å². The third-order valence-electron chi connectivity index (χ3n) is 6.24. The van der Waals surface area contributed by atoms with Crippen LogP contribution in [0.1, 0.15) is 43.4 Å². The van der Waals surface area contributed by atoms with Gasteiger partial charge in [0, 0.05) is 22.9 Å². The van der Waals surface area contributed by atoms with Crippen molar-refractivity contribution in [2.75, 3.05) is 25.1 Å². The van der Waals surface area contributed by atoms with Crippen molar-refractivity contribution in [2.45, 2.75) is 32.2 Å². The molecular formula is C27H27NO4. The normalized spacial score (nSPS) is 17.6. The summed E-state index contributed by atoms with van der Waals surface area (Å²) in [7, 11) is 0. The van der Waals surface area contributed by atoms with Crippen molar-refractivity contribution in [1.29, 1.82) is 0 Å². The lowest BCUT2D eigenvalue weighted by Crippen LogP contribution is -2.27. The number of rotatable bonds is 6. The summed E-state index contributed by atoms with van der Waals surface area (Å²) in [5.41, 5.74) is 5.21. The lowest BCUT2D eigenvalue weighted by molar-refractivity contribution is -0.116. The Morgan fingerprint density at radius 2 is 1.91 bits per heavy atom.